The molecule has 1 saturated heterocycles. The number of nitrogens with one attached hydrogen (secondary N) is 1. The summed E-state index contributed by atoms with van der Waals surface area (Å²) in [6.07, 6.45) is 5.13. The molecule has 21 heavy (non-hydrogen) atoms. The van der Waals surface area contributed by atoms with Gasteiger partial charge in [0, 0.05) is 31.7 Å². The maximum Gasteiger partial charge on any atom is 0.128 e. The van der Waals surface area contributed by atoms with Crippen molar-refractivity contribution < 1.29 is 4.42 Å². The highest BCUT2D eigenvalue weighted by molar-refractivity contribution is 5.38. The maximum absolute atomic E-state index is 5.73. The smallest absolute Gasteiger partial charge is 0.128 e. The van der Waals surface area contributed by atoms with Crippen LogP contribution in [0.5, 0.6) is 0 Å². The molecule has 1 fully saturated rings. The van der Waals surface area contributed by atoms with Crippen LogP contribution in [0.2, 0.25) is 0 Å². The zero-order valence-corrected chi connectivity index (χ0v) is 12.6. The van der Waals surface area contributed by atoms with E-state index in [-0.39, 0.29) is 0 Å². The van der Waals surface area contributed by atoms with Crippen LogP contribution in [0.3, 0.4) is 0 Å². The lowest BCUT2D eigenvalue weighted by molar-refractivity contribution is 0.381. The van der Waals surface area contributed by atoms with Gasteiger partial charge in [0.05, 0.1) is 6.54 Å². The zero-order valence-electron chi connectivity index (χ0n) is 12.6. The number of pyridine rings is 1. The van der Waals surface area contributed by atoms with Crippen LogP contribution in [-0.2, 0) is 13.0 Å². The minimum absolute atomic E-state index is 0.570. The molecule has 3 heterocycles. The van der Waals surface area contributed by atoms with Gasteiger partial charge in [-0.2, -0.15) is 0 Å². The van der Waals surface area contributed by atoms with Gasteiger partial charge >= 0.3 is 0 Å². The predicted octanol–water partition coefficient (Wildman–Crippen LogP) is 3.00. The van der Waals surface area contributed by atoms with Crippen molar-refractivity contribution in [2.45, 2.75) is 38.8 Å². The van der Waals surface area contributed by atoms with Gasteiger partial charge in [0.25, 0.3) is 0 Å². The molecule has 3 rings (SSSR count). The number of anilines is 1. The Balaban J connectivity index is 1.45. The molecule has 0 aromatic carbocycles. The van der Waals surface area contributed by atoms with Crippen molar-refractivity contribution in [2.75, 3.05) is 18.0 Å². The second-order valence-electron chi connectivity index (χ2n) is 5.55. The number of aryl methyl sites for hydroxylation is 1. The van der Waals surface area contributed by atoms with E-state index in [1.165, 1.54) is 0 Å². The van der Waals surface area contributed by atoms with Crippen LogP contribution in [0.1, 0.15) is 31.3 Å². The van der Waals surface area contributed by atoms with Gasteiger partial charge < -0.3 is 14.6 Å². The van der Waals surface area contributed by atoms with Crippen LogP contribution < -0.4 is 10.2 Å². The molecule has 0 aliphatic carbocycles. The van der Waals surface area contributed by atoms with E-state index in [9.17, 15) is 0 Å². The Morgan fingerprint density at radius 2 is 2.00 bits per heavy atom. The van der Waals surface area contributed by atoms with Crippen molar-refractivity contribution in [2.24, 2.45) is 0 Å². The molecule has 0 radical (unpaired) electrons. The van der Waals surface area contributed by atoms with Gasteiger partial charge in [0.15, 0.2) is 0 Å². The topological polar surface area (TPSA) is 41.3 Å². The van der Waals surface area contributed by atoms with Gasteiger partial charge in [0.2, 0.25) is 0 Å². The number of piperidine rings is 1. The molecule has 0 unspecified atom stereocenters. The van der Waals surface area contributed by atoms with E-state index < -0.39 is 0 Å². The molecule has 4 heteroatoms. The van der Waals surface area contributed by atoms with Crippen molar-refractivity contribution >= 4 is 5.82 Å². The van der Waals surface area contributed by atoms with Gasteiger partial charge in [-0.25, -0.2) is 4.98 Å². The van der Waals surface area contributed by atoms with E-state index in [4.69, 9.17) is 4.42 Å². The van der Waals surface area contributed by atoms with E-state index in [0.717, 1.165) is 56.2 Å². The molecule has 2 aromatic rings. The van der Waals surface area contributed by atoms with Gasteiger partial charge in [-0.15, -0.1) is 0 Å². The largest absolute Gasteiger partial charge is 0.465 e. The van der Waals surface area contributed by atoms with Crippen molar-refractivity contribution in [3.8, 4) is 0 Å². The number of rotatable bonds is 5. The molecule has 112 valence electrons. The summed E-state index contributed by atoms with van der Waals surface area (Å²) >= 11 is 0. The Bertz CT molecular complexity index is 544. The molecule has 0 bridgehead atoms. The quantitative estimate of drug-likeness (QED) is 0.917. The van der Waals surface area contributed by atoms with Crippen LogP contribution >= 0.6 is 0 Å². The molecule has 0 spiro atoms. The Hall–Kier alpha value is -1.81. The first-order valence-electron chi connectivity index (χ1n) is 7.82. The van der Waals surface area contributed by atoms with Gasteiger partial charge in [-0.1, -0.05) is 13.0 Å². The molecule has 0 amide bonds. The number of hydrogen-bond donors (Lipinski definition) is 1. The van der Waals surface area contributed by atoms with Crippen LogP contribution in [-0.4, -0.2) is 24.1 Å². The second kappa shape index (κ2) is 6.76. The Morgan fingerprint density at radius 3 is 2.67 bits per heavy atom. The summed E-state index contributed by atoms with van der Waals surface area (Å²) in [6.45, 7) is 5.07. The molecule has 1 aliphatic rings. The van der Waals surface area contributed by atoms with E-state index in [1.54, 1.807) is 0 Å². The fourth-order valence-corrected chi connectivity index (χ4v) is 2.81. The Labute approximate surface area is 126 Å². The van der Waals surface area contributed by atoms with Crippen molar-refractivity contribution in [3.63, 3.8) is 0 Å². The SMILES string of the molecule is CCc1ccc(CNC2CCN(c3ccccn3)CC2)o1. The fraction of sp³-hybridized carbons (Fsp3) is 0.471. The lowest BCUT2D eigenvalue weighted by Gasteiger charge is -2.33. The average Bonchev–Trinajstić information content (AvgIpc) is 3.02. The van der Waals surface area contributed by atoms with Gasteiger partial charge in [-0.3, -0.25) is 0 Å². The van der Waals surface area contributed by atoms with Gasteiger partial charge in [-0.05, 0) is 37.1 Å². The third-order valence-corrected chi connectivity index (χ3v) is 4.10. The number of aromatic nitrogens is 1. The molecule has 4 nitrogen and oxygen atoms in total. The zero-order chi connectivity index (χ0) is 14.5. The summed E-state index contributed by atoms with van der Waals surface area (Å²) in [5, 5.41) is 3.61. The van der Waals surface area contributed by atoms with Gasteiger partial charge in [0.1, 0.15) is 17.3 Å². The highest BCUT2D eigenvalue weighted by Crippen LogP contribution is 2.17. The minimum Gasteiger partial charge on any atom is -0.465 e. The monoisotopic (exact) mass is 285 g/mol. The van der Waals surface area contributed by atoms with Crippen molar-refractivity contribution in [1.82, 2.24) is 10.3 Å². The van der Waals surface area contributed by atoms with E-state index >= 15 is 0 Å². The first-order chi connectivity index (χ1) is 10.3. The van der Waals surface area contributed by atoms with Crippen molar-refractivity contribution in [3.05, 3.63) is 48.0 Å². The van der Waals surface area contributed by atoms with Crippen LogP contribution in [0.4, 0.5) is 5.82 Å². The summed E-state index contributed by atoms with van der Waals surface area (Å²) in [7, 11) is 0. The fourth-order valence-electron chi connectivity index (χ4n) is 2.81. The molecular weight excluding hydrogens is 262 g/mol. The predicted molar refractivity (Wildman–Crippen MR) is 84.4 cm³/mol. The van der Waals surface area contributed by atoms with E-state index in [2.05, 4.69) is 46.4 Å². The van der Waals surface area contributed by atoms with E-state index in [1.807, 2.05) is 12.3 Å². The number of furan rings is 1. The molecule has 2 aromatic heterocycles. The summed E-state index contributed by atoms with van der Waals surface area (Å²) < 4.78 is 5.73. The molecule has 1 N–H and O–H groups in total. The summed E-state index contributed by atoms with van der Waals surface area (Å²) in [4.78, 5) is 6.79. The third-order valence-electron chi connectivity index (χ3n) is 4.10. The Kier molecular flexibility index (Phi) is 4.55. The maximum atomic E-state index is 5.73. The number of nitrogens with zero attached hydrogens (tertiary/aromatic N) is 2. The van der Waals surface area contributed by atoms with E-state index in [0.29, 0.717) is 6.04 Å². The first kappa shape index (κ1) is 14.1. The lowest BCUT2D eigenvalue weighted by atomic mass is 10.0. The summed E-state index contributed by atoms with van der Waals surface area (Å²) in [6, 6.07) is 10.8. The molecule has 0 saturated carbocycles. The van der Waals surface area contributed by atoms with Crippen LogP contribution in [0.15, 0.2) is 40.9 Å². The normalized spacial score (nSPS) is 16.3. The molecule has 0 atom stereocenters. The number of hydrogen-bond acceptors (Lipinski definition) is 4. The molecular formula is C17H23N3O. The Morgan fingerprint density at radius 1 is 1.19 bits per heavy atom. The standard InChI is InChI=1S/C17H23N3O/c1-2-15-6-7-16(21-15)13-19-14-8-11-20(12-9-14)17-5-3-4-10-18-17/h3-7,10,14,19H,2,8-9,11-13H2,1H3. The third kappa shape index (κ3) is 3.64. The average molecular weight is 285 g/mol. The van der Waals surface area contributed by atoms with Crippen LogP contribution in [0.25, 0.3) is 0 Å². The van der Waals surface area contributed by atoms with Crippen LogP contribution in [0, 0.1) is 0 Å². The summed E-state index contributed by atoms with van der Waals surface area (Å²) in [5.74, 6) is 3.20. The van der Waals surface area contributed by atoms with Crippen molar-refractivity contribution in [1.29, 1.82) is 0 Å². The first-order valence-corrected chi connectivity index (χ1v) is 7.82. The minimum atomic E-state index is 0.570. The highest BCUT2D eigenvalue weighted by atomic mass is 16.3. The molecule has 1 aliphatic heterocycles. The second-order valence-corrected chi connectivity index (χ2v) is 5.55. The summed E-state index contributed by atoms with van der Waals surface area (Å²) in [5.41, 5.74) is 0. The highest BCUT2D eigenvalue weighted by Gasteiger charge is 2.19. The lowest BCUT2D eigenvalue weighted by Crippen LogP contribution is -2.42.